The van der Waals surface area contributed by atoms with Crippen LogP contribution >= 0.6 is 15.9 Å². The summed E-state index contributed by atoms with van der Waals surface area (Å²) in [6.07, 6.45) is 4.88. The molecule has 1 saturated carbocycles. The lowest BCUT2D eigenvalue weighted by Crippen LogP contribution is -2.56. The lowest BCUT2D eigenvalue weighted by atomic mass is 9.83. The zero-order chi connectivity index (χ0) is 13.4. The summed E-state index contributed by atoms with van der Waals surface area (Å²) in [6.45, 7) is 0. The van der Waals surface area contributed by atoms with E-state index in [1.54, 1.807) is 29.2 Å². The fraction of sp³-hybridized carbons (Fsp3) is 0.333. The third kappa shape index (κ3) is 2.19. The van der Waals surface area contributed by atoms with E-state index in [4.69, 9.17) is 4.42 Å². The Kier molecular flexibility index (Phi) is 3.16. The number of aliphatic hydroxyl groups is 1. The Morgan fingerprint density at radius 2 is 2.47 bits per heavy atom. The molecule has 1 fully saturated rings. The number of nitrogens with zero attached hydrogens (tertiary/aromatic N) is 2. The van der Waals surface area contributed by atoms with Gasteiger partial charge < -0.3 is 14.8 Å². The van der Waals surface area contributed by atoms with E-state index < -0.39 is 6.10 Å². The van der Waals surface area contributed by atoms with Gasteiger partial charge in [-0.25, -0.2) is 0 Å². The Morgan fingerprint density at radius 3 is 3.05 bits per heavy atom. The number of carbonyl (C=O) groups excluding carboxylic acids is 1. The van der Waals surface area contributed by atoms with E-state index in [-0.39, 0.29) is 23.8 Å². The molecule has 2 aromatic heterocycles. The number of nitrogens with one attached hydrogen (secondary N) is 1. The first kappa shape index (κ1) is 12.4. The number of furan rings is 1. The summed E-state index contributed by atoms with van der Waals surface area (Å²) in [5, 5.41) is 16.7. The summed E-state index contributed by atoms with van der Waals surface area (Å²) in [5.74, 6) is -0.0634. The highest BCUT2D eigenvalue weighted by atomic mass is 79.9. The molecular weight excluding hydrogens is 314 g/mol. The van der Waals surface area contributed by atoms with Gasteiger partial charge in [0, 0.05) is 12.4 Å². The fourth-order valence-corrected chi connectivity index (χ4v) is 2.64. The number of rotatable bonds is 3. The number of hydrogen-bond acceptors (Lipinski definition) is 4. The molecule has 7 heteroatoms. The number of hydrogen-bond donors (Lipinski definition) is 2. The number of halogens is 1. The van der Waals surface area contributed by atoms with Crippen LogP contribution in [0.5, 0.6) is 0 Å². The van der Waals surface area contributed by atoms with Crippen molar-refractivity contribution in [1.29, 1.82) is 0 Å². The fourth-order valence-electron chi connectivity index (χ4n) is 2.26. The predicted molar refractivity (Wildman–Crippen MR) is 69.6 cm³/mol. The molecule has 2 heterocycles. The maximum absolute atomic E-state index is 12.0. The first-order valence-corrected chi connectivity index (χ1v) is 6.67. The van der Waals surface area contributed by atoms with Gasteiger partial charge in [-0.05, 0) is 34.5 Å². The topological polar surface area (TPSA) is 80.3 Å². The molecule has 3 rings (SSSR count). The molecular formula is C12H12BrN3O3. The molecule has 0 aromatic carbocycles. The molecule has 1 aliphatic rings. The molecule has 2 aromatic rings. The Hall–Kier alpha value is -1.60. The molecule has 100 valence electrons. The summed E-state index contributed by atoms with van der Waals surface area (Å²) >= 11 is 3.24. The average molecular weight is 326 g/mol. The van der Waals surface area contributed by atoms with Crippen LogP contribution in [0.15, 0.2) is 39.7 Å². The van der Waals surface area contributed by atoms with Crippen LogP contribution in [-0.4, -0.2) is 32.9 Å². The van der Waals surface area contributed by atoms with Gasteiger partial charge in [-0.3, -0.25) is 9.48 Å². The standard InChI is InChI=1S/C12H12BrN3O3/c13-7-2-5-19-11(7)12(18)15-8-6-9(17)10(8)16-4-1-3-14-16/h1-5,8-10,17H,6H2,(H,15,18)/t8-,9+,10+/m0/s1. The molecule has 0 unspecified atom stereocenters. The van der Waals surface area contributed by atoms with Crippen LogP contribution in [0, 0.1) is 0 Å². The molecule has 3 atom stereocenters. The maximum atomic E-state index is 12.0. The van der Waals surface area contributed by atoms with Crippen molar-refractivity contribution in [3.05, 3.63) is 41.0 Å². The molecule has 0 aliphatic heterocycles. The van der Waals surface area contributed by atoms with Crippen LogP contribution in [-0.2, 0) is 0 Å². The van der Waals surface area contributed by atoms with E-state index in [1.165, 1.54) is 6.26 Å². The minimum atomic E-state index is -0.495. The van der Waals surface area contributed by atoms with Gasteiger partial charge in [0.25, 0.3) is 5.91 Å². The Balaban J connectivity index is 1.71. The quantitative estimate of drug-likeness (QED) is 0.892. The molecule has 2 N–H and O–H groups in total. The van der Waals surface area contributed by atoms with Gasteiger partial charge in [0.2, 0.25) is 5.76 Å². The number of amides is 1. The van der Waals surface area contributed by atoms with Gasteiger partial charge in [-0.1, -0.05) is 0 Å². The highest BCUT2D eigenvalue weighted by Crippen LogP contribution is 2.32. The molecule has 1 aliphatic carbocycles. The first-order valence-electron chi connectivity index (χ1n) is 5.88. The summed E-state index contributed by atoms with van der Waals surface area (Å²) in [4.78, 5) is 12.0. The second-order valence-electron chi connectivity index (χ2n) is 4.46. The van der Waals surface area contributed by atoms with Gasteiger partial charge in [-0.2, -0.15) is 5.10 Å². The molecule has 6 nitrogen and oxygen atoms in total. The van der Waals surface area contributed by atoms with E-state index >= 15 is 0 Å². The number of aliphatic hydroxyl groups excluding tert-OH is 1. The molecule has 19 heavy (non-hydrogen) atoms. The minimum Gasteiger partial charge on any atom is -0.458 e. The molecule has 1 amide bonds. The van der Waals surface area contributed by atoms with Crippen molar-refractivity contribution in [1.82, 2.24) is 15.1 Å². The Labute approximate surface area is 117 Å². The second-order valence-corrected chi connectivity index (χ2v) is 5.31. The Bertz CT molecular complexity index is 581. The average Bonchev–Trinajstić information content (AvgIpc) is 2.99. The van der Waals surface area contributed by atoms with Crippen LogP contribution in [0.2, 0.25) is 0 Å². The summed E-state index contributed by atoms with van der Waals surface area (Å²) in [7, 11) is 0. The lowest BCUT2D eigenvalue weighted by Gasteiger charge is -2.41. The molecule has 0 bridgehead atoms. The summed E-state index contributed by atoms with van der Waals surface area (Å²) in [6, 6.07) is 3.06. The monoisotopic (exact) mass is 325 g/mol. The van der Waals surface area contributed by atoms with Gasteiger partial charge in [0.1, 0.15) is 0 Å². The van der Waals surface area contributed by atoms with Crippen molar-refractivity contribution >= 4 is 21.8 Å². The smallest absolute Gasteiger partial charge is 0.288 e. The van der Waals surface area contributed by atoms with E-state index in [2.05, 4.69) is 26.3 Å². The third-order valence-electron chi connectivity index (χ3n) is 3.27. The molecule has 0 radical (unpaired) electrons. The van der Waals surface area contributed by atoms with Crippen LogP contribution < -0.4 is 5.32 Å². The first-order chi connectivity index (χ1) is 9.16. The third-order valence-corrected chi connectivity index (χ3v) is 3.90. The van der Waals surface area contributed by atoms with Gasteiger partial charge >= 0.3 is 0 Å². The minimum absolute atomic E-state index is 0.153. The van der Waals surface area contributed by atoms with Gasteiger partial charge in [0.15, 0.2) is 0 Å². The SMILES string of the molecule is O=C(N[C@H]1C[C@@H](O)[C@@H]1n1cccn1)c1occc1Br. The van der Waals surface area contributed by atoms with Crippen LogP contribution in [0.3, 0.4) is 0 Å². The Morgan fingerprint density at radius 1 is 1.63 bits per heavy atom. The van der Waals surface area contributed by atoms with E-state index in [0.29, 0.717) is 10.9 Å². The highest BCUT2D eigenvalue weighted by Gasteiger charge is 2.43. The van der Waals surface area contributed by atoms with E-state index in [1.807, 2.05) is 0 Å². The van der Waals surface area contributed by atoms with Crippen LogP contribution in [0.4, 0.5) is 0 Å². The lowest BCUT2D eigenvalue weighted by molar-refractivity contribution is -0.00625. The van der Waals surface area contributed by atoms with Gasteiger partial charge in [0.05, 0.1) is 28.9 Å². The zero-order valence-electron chi connectivity index (χ0n) is 9.86. The zero-order valence-corrected chi connectivity index (χ0v) is 11.4. The van der Waals surface area contributed by atoms with Crippen LogP contribution in [0.25, 0.3) is 0 Å². The van der Waals surface area contributed by atoms with Gasteiger partial charge in [-0.15, -0.1) is 0 Å². The molecule has 0 saturated heterocycles. The van der Waals surface area contributed by atoms with Crippen LogP contribution in [0.1, 0.15) is 23.0 Å². The second kappa shape index (κ2) is 4.82. The van der Waals surface area contributed by atoms with Crippen molar-refractivity contribution in [2.75, 3.05) is 0 Å². The van der Waals surface area contributed by atoms with Crippen molar-refractivity contribution < 1.29 is 14.3 Å². The summed E-state index contributed by atoms with van der Waals surface area (Å²) in [5.41, 5.74) is 0. The largest absolute Gasteiger partial charge is 0.458 e. The van der Waals surface area contributed by atoms with Crippen molar-refractivity contribution in [2.24, 2.45) is 0 Å². The van der Waals surface area contributed by atoms with E-state index in [0.717, 1.165) is 0 Å². The number of aromatic nitrogens is 2. The van der Waals surface area contributed by atoms with Crippen molar-refractivity contribution in [3.8, 4) is 0 Å². The normalized spacial score (nSPS) is 25.9. The summed E-state index contributed by atoms with van der Waals surface area (Å²) < 4.78 is 7.38. The van der Waals surface area contributed by atoms with Crippen molar-refractivity contribution in [3.63, 3.8) is 0 Å². The maximum Gasteiger partial charge on any atom is 0.288 e. The highest BCUT2D eigenvalue weighted by molar-refractivity contribution is 9.10. The molecule has 0 spiro atoms. The van der Waals surface area contributed by atoms with Crippen molar-refractivity contribution in [2.45, 2.75) is 24.6 Å². The number of carbonyl (C=O) groups is 1. The predicted octanol–water partition coefficient (Wildman–Crippen LogP) is 1.34. The van der Waals surface area contributed by atoms with E-state index in [9.17, 15) is 9.90 Å².